The first kappa shape index (κ1) is 32.1. The van der Waals surface area contributed by atoms with Crippen LogP contribution in [0.3, 0.4) is 0 Å². The number of anilines is 1. The number of aromatic hydroxyl groups is 1. The zero-order valence-corrected chi connectivity index (χ0v) is 28.9. The van der Waals surface area contributed by atoms with E-state index in [4.69, 9.17) is 10.5 Å². The van der Waals surface area contributed by atoms with E-state index in [-0.39, 0.29) is 28.8 Å². The Morgan fingerprint density at radius 2 is 1.67 bits per heavy atom. The molecule has 3 aromatic carbocycles. The van der Waals surface area contributed by atoms with Crippen molar-refractivity contribution in [3.63, 3.8) is 0 Å². The van der Waals surface area contributed by atoms with E-state index in [1.807, 2.05) is 43.3 Å². The molecule has 246 valence electrons. The summed E-state index contributed by atoms with van der Waals surface area (Å²) in [7, 11) is 1.40. The highest BCUT2D eigenvalue weighted by molar-refractivity contribution is 9.13. The first-order valence-electron chi connectivity index (χ1n) is 15.3. The van der Waals surface area contributed by atoms with Crippen molar-refractivity contribution in [2.75, 3.05) is 12.5 Å². The maximum absolute atomic E-state index is 15.2. The third-order valence-electron chi connectivity index (χ3n) is 10.3. The summed E-state index contributed by atoms with van der Waals surface area (Å²) in [6.45, 7) is 1.93. The Bertz CT molecular complexity index is 1950. The number of carbonyl (C=O) groups excluding carboxylic acids is 5. The number of allylic oxidation sites excluding steroid dienone is 2. The molecule has 13 heteroatoms. The normalized spacial score (nSPS) is 27.8. The smallest absolute Gasteiger partial charge is 0.328 e. The molecule has 0 spiro atoms. The van der Waals surface area contributed by atoms with Gasteiger partial charge in [-0.1, -0.05) is 59.7 Å². The number of aryl methyl sites for hydroxylation is 1. The number of hydrazine groups is 1. The molecular formula is C35H30Br2N4O7. The monoisotopic (exact) mass is 776 g/mol. The van der Waals surface area contributed by atoms with Gasteiger partial charge in [0.15, 0.2) is 11.5 Å². The number of phenols is 1. The van der Waals surface area contributed by atoms with E-state index < -0.39 is 64.7 Å². The number of methoxy groups -OCH3 is 1. The number of nitrogens with one attached hydrogen (secondary N) is 1. The van der Waals surface area contributed by atoms with Crippen LogP contribution in [0.2, 0.25) is 0 Å². The molecule has 1 saturated carbocycles. The number of urea groups is 1. The Morgan fingerprint density at radius 3 is 2.31 bits per heavy atom. The number of imide groups is 4. The Kier molecular flexibility index (Phi) is 7.74. The summed E-state index contributed by atoms with van der Waals surface area (Å²) in [5, 5.41) is 12.0. The molecular weight excluding hydrogens is 748 g/mol. The van der Waals surface area contributed by atoms with Crippen LogP contribution >= 0.6 is 31.9 Å². The van der Waals surface area contributed by atoms with Gasteiger partial charge in [0, 0.05) is 10.4 Å². The largest absolute Gasteiger partial charge is 0.503 e. The van der Waals surface area contributed by atoms with Crippen LogP contribution in [0.25, 0.3) is 0 Å². The van der Waals surface area contributed by atoms with Crippen molar-refractivity contribution in [3.8, 4) is 11.5 Å². The van der Waals surface area contributed by atoms with Crippen LogP contribution in [0.1, 0.15) is 35.4 Å². The molecule has 11 nitrogen and oxygen atoms in total. The maximum atomic E-state index is 15.2. The topological polar surface area (TPSA) is 159 Å². The van der Waals surface area contributed by atoms with Crippen molar-refractivity contribution in [2.24, 2.45) is 29.4 Å². The minimum atomic E-state index is -1.54. The first-order valence-corrected chi connectivity index (χ1v) is 16.9. The van der Waals surface area contributed by atoms with Gasteiger partial charge in [0.1, 0.15) is 0 Å². The number of hydrogen-bond donors (Lipinski definition) is 3. The second kappa shape index (κ2) is 11.6. The van der Waals surface area contributed by atoms with Gasteiger partial charge in [0.25, 0.3) is 11.8 Å². The molecule has 0 unspecified atom stereocenters. The van der Waals surface area contributed by atoms with Gasteiger partial charge < -0.3 is 15.6 Å². The fraction of sp³-hybridized carbons (Fsp3) is 0.286. The molecule has 2 heterocycles. The number of halogens is 2. The lowest BCUT2D eigenvalue weighted by Crippen LogP contribution is -2.53. The Labute approximate surface area is 292 Å². The van der Waals surface area contributed by atoms with E-state index in [1.165, 1.54) is 7.11 Å². The number of amides is 6. The average molecular weight is 778 g/mol. The number of rotatable bonds is 5. The second-order valence-electron chi connectivity index (χ2n) is 12.6. The molecule has 0 bridgehead atoms. The number of likely N-dealkylation sites (tertiary alicyclic amines) is 1. The lowest BCUT2D eigenvalue weighted by molar-refractivity contribution is -0.139. The number of phenolic OH excluding ortho intramolecular Hbond substituents is 1. The molecule has 4 N–H and O–H groups in total. The molecule has 48 heavy (non-hydrogen) atoms. The zero-order chi connectivity index (χ0) is 34.2. The standard InChI is InChI=1S/C35H30Br2N4O7/c1-16-8-10-18(11-9-16)39-41-31(44)23-14-21-19(12-13-20-25(21)32(45)40(30(20)43)34(38)47)26(22-15-24(48-2)29(42)28(37)27(22)36)35(23,33(41)46)17-6-4-3-5-7-17/h3-12,15,20-21,23,25-26,39,42H,13-14H2,1-2H3,(H2,38,47)/t20-,21+,23-,25-,26+,35+/m0/s1. The Balaban J connectivity index is 1.51. The van der Waals surface area contributed by atoms with E-state index in [9.17, 15) is 24.3 Å². The zero-order valence-electron chi connectivity index (χ0n) is 25.8. The number of nitrogens with zero attached hydrogens (tertiary/aromatic N) is 2. The van der Waals surface area contributed by atoms with Crippen LogP contribution in [-0.2, 0) is 24.6 Å². The summed E-state index contributed by atoms with van der Waals surface area (Å²) < 4.78 is 6.23. The predicted molar refractivity (Wildman–Crippen MR) is 180 cm³/mol. The summed E-state index contributed by atoms with van der Waals surface area (Å²) in [6, 6.07) is 16.8. The lowest BCUT2D eigenvalue weighted by Gasteiger charge is -2.51. The molecule has 0 radical (unpaired) electrons. The van der Waals surface area contributed by atoms with E-state index in [2.05, 4.69) is 37.3 Å². The number of fused-ring (bicyclic) bond motifs is 4. The number of carbonyl (C=O) groups is 5. The van der Waals surface area contributed by atoms with Gasteiger partial charge in [-0.2, -0.15) is 9.91 Å². The molecule has 2 aliphatic heterocycles. The molecule has 2 saturated heterocycles. The third-order valence-corrected chi connectivity index (χ3v) is 12.5. The van der Waals surface area contributed by atoms with Crippen LogP contribution in [0.5, 0.6) is 11.5 Å². The molecule has 6 amide bonds. The minimum absolute atomic E-state index is 0.0503. The lowest BCUT2D eigenvalue weighted by atomic mass is 9.49. The number of nitrogens with two attached hydrogens (primary N) is 1. The van der Waals surface area contributed by atoms with Gasteiger partial charge in [-0.3, -0.25) is 24.6 Å². The van der Waals surface area contributed by atoms with E-state index in [1.54, 1.807) is 30.3 Å². The van der Waals surface area contributed by atoms with Gasteiger partial charge >= 0.3 is 6.03 Å². The second-order valence-corrected chi connectivity index (χ2v) is 14.2. The average Bonchev–Trinajstić information content (AvgIpc) is 3.46. The van der Waals surface area contributed by atoms with Crippen LogP contribution in [0, 0.1) is 30.6 Å². The third kappa shape index (κ3) is 4.39. The van der Waals surface area contributed by atoms with Crippen molar-refractivity contribution >= 4 is 67.2 Å². The van der Waals surface area contributed by atoms with Crippen LogP contribution < -0.4 is 15.9 Å². The summed E-state index contributed by atoms with van der Waals surface area (Å²) in [5.74, 6) is -6.85. The summed E-state index contributed by atoms with van der Waals surface area (Å²) >= 11 is 7.12. The summed E-state index contributed by atoms with van der Waals surface area (Å²) in [4.78, 5) is 69.8. The number of ether oxygens (including phenoxy) is 1. The highest BCUT2D eigenvalue weighted by Crippen LogP contribution is 2.65. The van der Waals surface area contributed by atoms with E-state index in [0.29, 0.717) is 31.8 Å². The summed E-state index contributed by atoms with van der Waals surface area (Å²) in [5.41, 5.74) is 10.3. The Hall–Kier alpha value is -4.49. The van der Waals surface area contributed by atoms with Gasteiger partial charge in [-0.25, -0.2) is 4.79 Å². The van der Waals surface area contributed by atoms with E-state index >= 15 is 4.79 Å². The number of benzene rings is 3. The van der Waals surface area contributed by atoms with Crippen LogP contribution in [0.15, 0.2) is 81.3 Å². The van der Waals surface area contributed by atoms with Gasteiger partial charge in [-0.15, -0.1) is 0 Å². The SMILES string of the molecule is COc1cc([C@H]2C3=CC[C@@H]4C(=O)N(C(N)=O)C(=O)[C@@H]4[C@@H]3C[C@H]3C(=O)N(Nc4ccc(C)cc4)C(=O)[C@@]23c2ccccc2)c(Br)c(Br)c1O. The molecule has 6 atom stereocenters. The van der Waals surface area contributed by atoms with Gasteiger partial charge in [0.2, 0.25) is 11.8 Å². The van der Waals surface area contributed by atoms with Crippen molar-refractivity contribution in [1.82, 2.24) is 9.91 Å². The number of hydrogen-bond acceptors (Lipinski definition) is 8. The maximum Gasteiger partial charge on any atom is 0.328 e. The highest BCUT2D eigenvalue weighted by atomic mass is 79.9. The molecule has 2 aliphatic carbocycles. The van der Waals surface area contributed by atoms with Crippen LogP contribution in [0.4, 0.5) is 10.5 Å². The predicted octanol–water partition coefficient (Wildman–Crippen LogP) is 5.30. The first-order chi connectivity index (χ1) is 22.9. The fourth-order valence-corrected chi connectivity index (χ4v) is 9.24. The van der Waals surface area contributed by atoms with Gasteiger partial charge in [0.05, 0.1) is 40.4 Å². The van der Waals surface area contributed by atoms with Crippen LogP contribution in [-0.4, -0.2) is 51.8 Å². The van der Waals surface area contributed by atoms with Crippen molar-refractivity contribution in [3.05, 3.63) is 97.9 Å². The van der Waals surface area contributed by atoms with Crippen molar-refractivity contribution in [2.45, 2.75) is 31.1 Å². The van der Waals surface area contributed by atoms with Crippen molar-refractivity contribution < 1.29 is 33.8 Å². The van der Waals surface area contributed by atoms with E-state index in [0.717, 1.165) is 10.6 Å². The fourth-order valence-electron chi connectivity index (χ4n) is 8.29. The van der Waals surface area contributed by atoms with Gasteiger partial charge in [-0.05, 0) is 86.9 Å². The molecule has 3 aromatic rings. The van der Waals surface area contributed by atoms with Crippen molar-refractivity contribution in [1.29, 1.82) is 0 Å². The highest BCUT2D eigenvalue weighted by Gasteiger charge is 2.70. The Morgan fingerprint density at radius 1 is 0.979 bits per heavy atom. The molecule has 4 aliphatic rings. The quantitative estimate of drug-likeness (QED) is 0.233. The molecule has 3 fully saturated rings. The number of primary amides is 1. The molecule has 7 rings (SSSR count). The minimum Gasteiger partial charge on any atom is -0.503 e. The molecule has 0 aromatic heterocycles. The summed E-state index contributed by atoms with van der Waals surface area (Å²) in [6.07, 6.45) is 2.04.